The van der Waals surface area contributed by atoms with Gasteiger partial charge in [-0.25, -0.2) is 0 Å². The summed E-state index contributed by atoms with van der Waals surface area (Å²) in [6.07, 6.45) is 1.33. The van der Waals surface area contributed by atoms with E-state index in [2.05, 4.69) is 46.2 Å². The first-order chi connectivity index (χ1) is 9.13. The summed E-state index contributed by atoms with van der Waals surface area (Å²) < 4.78 is 7.75. The summed E-state index contributed by atoms with van der Waals surface area (Å²) in [4.78, 5) is 3.62. The van der Waals surface area contributed by atoms with Crippen LogP contribution >= 0.6 is 38.9 Å². The number of nitrogens with zero attached hydrogens (tertiary/aromatic N) is 1. The number of nitrogens with one attached hydrogen (secondary N) is 1. The molecule has 0 aliphatic carbocycles. The van der Waals surface area contributed by atoms with Crippen LogP contribution in [0.4, 0.5) is 0 Å². The van der Waals surface area contributed by atoms with Crippen molar-refractivity contribution in [2.24, 2.45) is 0 Å². The van der Waals surface area contributed by atoms with Crippen LogP contribution in [0.1, 0.15) is 24.3 Å². The van der Waals surface area contributed by atoms with Crippen LogP contribution in [0.3, 0.4) is 0 Å². The number of hydrogen-bond acceptors (Lipinski definition) is 4. The molecule has 2 rings (SSSR count). The summed E-state index contributed by atoms with van der Waals surface area (Å²) in [7, 11) is 2.15. The maximum Gasteiger partial charge on any atom is 0.107 e. The molecule has 0 radical (unpaired) electrons. The smallest absolute Gasteiger partial charge is 0.107 e. The molecule has 1 fully saturated rings. The van der Waals surface area contributed by atoms with E-state index in [0.717, 1.165) is 41.5 Å². The SMILES string of the molecule is CCCNCC1OCCN(C)C1c1cc(Br)c(Cl)s1. The monoisotopic (exact) mass is 366 g/mol. The summed E-state index contributed by atoms with van der Waals surface area (Å²) in [6.45, 7) is 5.85. The third kappa shape index (κ3) is 3.93. The maximum absolute atomic E-state index is 6.17. The van der Waals surface area contributed by atoms with Crippen molar-refractivity contribution in [3.63, 3.8) is 0 Å². The minimum Gasteiger partial charge on any atom is -0.374 e. The molecule has 2 atom stereocenters. The highest BCUT2D eigenvalue weighted by Crippen LogP contribution is 2.39. The fraction of sp³-hybridized carbons (Fsp3) is 0.692. The van der Waals surface area contributed by atoms with Gasteiger partial charge < -0.3 is 10.1 Å². The second-order valence-electron chi connectivity index (χ2n) is 4.81. The number of likely N-dealkylation sites (N-methyl/N-ethyl adjacent to an activating group) is 1. The van der Waals surface area contributed by atoms with Crippen molar-refractivity contribution in [1.29, 1.82) is 0 Å². The van der Waals surface area contributed by atoms with Crippen molar-refractivity contribution in [3.8, 4) is 0 Å². The van der Waals surface area contributed by atoms with Crippen LogP contribution in [0.2, 0.25) is 4.34 Å². The van der Waals surface area contributed by atoms with Gasteiger partial charge in [-0.1, -0.05) is 18.5 Å². The molecular formula is C13H20BrClN2OS. The maximum atomic E-state index is 6.17. The molecule has 0 spiro atoms. The van der Waals surface area contributed by atoms with Gasteiger partial charge in [0, 0.05) is 22.4 Å². The standard InChI is InChI=1S/C13H20BrClN2OS/c1-3-4-16-8-10-12(17(2)5-6-18-10)11-7-9(14)13(15)19-11/h7,10,12,16H,3-6,8H2,1-2H3. The first-order valence-electron chi connectivity index (χ1n) is 6.60. The second-order valence-corrected chi connectivity index (χ2v) is 7.35. The van der Waals surface area contributed by atoms with E-state index < -0.39 is 0 Å². The van der Waals surface area contributed by atoms with Crippen LogP contribution in [-0.4, -0.2) is 44.3 Å². The highest BCUT2D eigenvalue weighted by Gasteiger charge is 2.32. The van der Waals surface area contributed by atoms with Crippen molar-refractivity contribution in [1.82, 2.24) is 10.2 Å². The average Bonchev–Trinajstić information content (AvgIpc) is 2.69. The van der Waals surface area contributed by atoms with Crippen LogP contribution in [0.15, 0.2) is 10.5 Å². The Bertz CT molecular complexity index is 396. The van der Waals surface area contributed by atoms with E-state index in [0.29, 0.717) is 0 Å². The largest absolute Gasteiger partial charge is 0.374 e. The van der Waals surface area contributed by atoms with E-state index >= 15 is 0 Å². The fourth-order valence-electron chi connectivity index (χ4n) is 2.36. The van der Waals surface area contributed by atoms with E-state index in [1.807, 2.05) is 0 Å². The predicted octanol–water partition coefficient (Wildman–Crippen LogP) is 3.54. The molecule has 0 amide bonds. The zero-order chi connectivity index (χ0) is 13.8. The quantitative estimate of drug-likeness (QED) is 0.806. The van der Waals surface area contributed by atoms with E-state index in [9.17, 15) is 0 Å². The van der Waals surface area contributed by atoms with Crippen LogP contribution in [0.5, 0.6) is 0 Å². The second kappa shape index (κ2) is 7.38. The molecule has 1 saturated heterocycles. The van der Waals surface area contributed by atoms with Crippen molar-refractivity contribution >= 4 is 38.9 Å². The summed E-state index contributed by atoms with van der Waals surface area (Å²) in [5.41, 5.74) is 0. The molecule has 3 nitrogen and oxygen atoms in total. The molecule has 0 saturated carbocycles. The minimum absolute atomic E-state index is 0.187. The van der Waals surface area contributed by atoms with Crippen LogP contribution in [-0.2, 0) is 4.74 Å². The number of halogens is 2. The van der Waals surface area contributed by atoms with Gasteiger partial charge in [0.2, 0.25) is 0 Å². The summed E-state index contributed by atoms with van der Waals surface area (Å²) in [6, 6.07) is 2.40. The third-order valence-electron chi connectivity index (χ3n) is 3.33. The first-order valence-corrected chi connectivity index (χ1v) is 8.59. The lowest BCUT2D eigenvalue weighted by Crippen LogP contribution is -2.47. The Kier molecular flexibility index (Phi) is 6.11. The Morgan fingerprint density at radius 1 is 1.63 bits per heavy atom. The van der Waals surface area contributed by atoms with Crippen LogP contribution in [0, 0.1) is 0 Å². The predicted molar refractivity (Wildman–Crippen MR) is 85.3 cm³/mol. The molecule has 0 aromatic carbocycles. The first kappa shape index (κ1) is 15.7. The summed E-state index contributed by atoms with van der Waals surface area (Å²) in [5, 5.41) is 3.45. The zero-order valence-electron chi connectivity index (χ0n) is 11.3. The highest BCUT2D eigenvalue weighted by atomic mass is 79.9. The molecule has 1 aromatic rings. The molecule has 1 aliphatic heterocycles. The Morgan fingerprint density at radius 2 is 2.42 bits per heavy atom. The number of thiophene rings is 1. The van der Waals surface area contributed by atoms with E-state index in [4.69, 9.17) is 16.3 Å². The van der Waals surface area contributed by atoms with Gasteiger partial charge in [0.25, 0.3) is 0 Å². The molecule has 108 valence electrons. The van der Waals surface area contributed by atoms with Crippen LogP contribution < -0.4 is 5.32 Å². The van der Waals surface area contributed by atoms with Gasteiger partial charge in [-0.3, -0.25) is 4.90 Å². The van der Waals surface area contributed by atoms with Crippen molar-refractivity contribution in [3.05, 3.63) is 19.8 Å². The molecule has 1 aliphatic rings. The number of rotatable bonds is 5. The number of hydrogen-bond donors (Lipinski definition) is 1. The zero-order valence-corrected chi connectivity index (χ0v) is 14.4. The number of morpholine rings is 1. The molecule has 6 heteroatoms. The van der Waals surface area contributed by atoms with Crippen molar-refractivity contribution in [2.45, 2.75) is 25.5 Å². The summed E-state index contributed by atoms with van der Waals surface area (Å²) >= 11 is 11.3. The Hall–Kier alpha value is 0.350. The normalized spacial score (nSPS) is 24.8. The van der Waals surface area contributed by atoms with Crippen molar-refractivity contribution in [2.75, 3.05) is 33.3 Å². The lowest BCUT2D eigenvalue weighted by molar-refractivity contribution is -0.0601. The molecular weight excluding hydrogens is 348 g/mol. The van der Waals surface area contributed by atoms with E-state index in [1.54, 1.807) is 11.3 Å². The van der Waals surface area contributed by atoms with Gasteiger partial charge >= 0.3 is 0 Å². The Morgan fingerprint density at radius 3 is 3.05 bits per heavy atom. The lowest BCUT2D eigenvalue weighted by atomic mass is 10.1. The van der Waals surface area contributed by atoms with E-state index in [-0.39, 0.29) is 12.1 Å². The molecule has 1 N–H and O–H groups in total. The molecule has 19 heavy (non-hydrogen) atoms. The van der Waals surface area contributed by atoms with E-state index in [1.165, 1.54) is 4.88 Å². The number of ether oxygens (including phenoxy) is 1. The van der Waals surface area contributed by atoms with Crippen LogP contribution in [0.25, 0.3) is 0 Å². The topological polar surface area (TPSA) is 24.5 Å². The highest BCUT2D eigenvalue weighted by molar-refractivity contribution is 9.10. The lowest BCUT2D eigenvalue weighted by Gasteiger charge is -2.38. The van der Waals surface area contributed by atoms with Gasteiger partial charge in [-0.2, -0.15) is 0 Å². The molecule has 1 aromatic heterocycles. The van der Waals surface area contributed by atoms with Gasteiger partial charge in [0.15, 0.2) is 0 Å². The van der Waals surface area contributed by atoms with Gasteiger partial charge in [-0.05, 0) is 42.0 Å². The Balaban J connectivity index is 2.11. The van der Waals surface area contributed by atoms with Crippen molar-refractivity contribution < 1.29 is 4.74 Å². The fourth-order valence-corrected chi connectivity index (χ4v) is 4.32. The molecule has 2 unspecified atom stereocenters. The minimum atomic E-state index is 0.187. The van der Waals surface area contributed by atoms with Gasteiger partial charge in [0.05, 0.1) is 18.8 Å². The van der Waals surface area contributed by atoms with Gasteiger partial charge in [-0.15, -0.1) is 11.3 Å². The molecule has 2 heterocycles. The average molecular weight is 368 g/mol. The summed E-state index contributed by atoms with van der Waals surface area (Å²) in [5.74, 6) is 0. The Labute approximate surface area is 132 Å². The third-order valence-corrected chi connectivity index (χ3v) is 5.88. The molecule has 0 bridgehead atoms. The van der Waals surface area contributed by atoms with Gasteiger partial charge in [0.1, 0.15) is 4.34 Å².